The van der Waals surface area contributed by atoms with Crippen LogP contribution in [0.2, 0.25) is 0 Å². The monoisotopic (exact) mass is 290 g/mol. The van der Waals surface area contributed by atoms with Crippen molar-refractivity contribution in [3.05, 3.63) is 11.1 Å². The Labute approximate surface area is 117 Å². The summed E-state index contributed by atoms with van der Waals surface area (Å²) in [7, 11) is 0. The number of nitrogens with two attached hydrogens (primary N) is 1. The second-order valence-corrected chi connectivity index (χ2v) is 5.33. The predicted octanol–water partition coefficient (Wildman–Crippen LogP) is 1.09. The van der Waals surface area contributed by atoms with Gasteiger partial charge in [0, 0.05) is 11.9 Å². The maximum Gasteiger partial charge on any atom is 0.240 e. The normalized spacial score (nSPS) is 19.6. The highest BCUT2D eigenvalue weighted by molar-refractivity contribution is 7.13. The standard InChI is InChI=1S/C11H18N4OS.ClH/c1-8-7-17-11(13-8)14-10(16)6-15-3-2-9(4-12)5-15;/h7,9H,2-6,12H2,1H3,(H,13,14,16);1H. The Morgan fingerprint density at radius 2 is 2.50 bits per heavy atom. The van der Waals surface area contributed by atoms with Crippen molar-refractivity contribution in [2.75, 3.05) is 31.5 Å². The second-order valence-electron chi connectivity index (χ2n) is 4.47. The van der Waals surface area contributed by atoms with Crippen molar-refractivity contribution < 1.29 is 4.79 Å². The molecule has 1 unspecified atom stereocenters. The van der Waals surface area contributed by atoms with Gasteiger partial charge in [-0.15, -0.1) is 23.7 Å². The van der Waals surface area contributed by atoms with Crippen LogP contribution in [-0.2, 0) is 4.79 Å². The quantitative estimate of drug-likeness (QED) is 0.871. The van der Waals surface area contributed by atoms with Crippen molar-refractivity contribution >= 4 is 34.8 Å². The van der Waals surface area contributed by atoms with Crippen LogP contribution in [0.4, 0.5) is 5.13 Å². The Bertz CT molecular complexity index is 398. The molecule has 2 rings (SSSR count). The van der Waals surface area contributed by atoms with Crippen molar-refractivity contribution in [1.82, 2.24) is 9.88 Å². The number of aromatic nitrogens is 1. The molecule has 0 aromatic carbocycles. The van der Waals surface area contributed by atoms with E-state index >= 15 is 0 Å². The molecule has 1 aromatic heterocycles. The third-order valence-electron chi connectivity index (χ3n) is 2.94. The molecule has 1 saturated heterocycles. The number of nitrogens with zero attached hydrogens (tertiary/aromatic N) is 2. The minimum absolute atomic E-state index is 0. The summed E-state index contributed by atoms with van der Waals surface area (Å²) in [6, 6.07) is 0. The fourth-order valence-corrected chi connectivity index (χ4v) is 2.73. The van der Waals surface area contributed by atoms with Gasteiger partial charge in [-0.1, -0.05) is 0 Å². The van der Waals surface area contributed by atoms with E-state index in [0.29, 0.717) is 24.1 Å². The summed E-state index contributed by atoms with van der Waals surface area (Å²) in [5.74, 6) is 0.557. The maximum atomic E-state index is 11.8. The molecule has 1 atom stereocenters. The van der Waals surface area contributed by atoms with Crippen LogP contribution >= 0.6 is 23.7 Å². The third kappa shape index (κ3) is 4.20. The van der Waals surface area contributed by atoms with E-state index in [1.807, 2.05) is 12.3 Å². The van der Waals surface area contributed by atoms with E-state index in [-0.39, 0.29) is 18.3 Å². The summed E-state index contributed by atoms with van der Waals surface area (Å²) >= 11 is 1.46. The number of aryl methyl sites for hydroxylation is 1. The van der Waals surface area contributed by atoms with Crippen molar-refractivity contribution in [3.63, 3.8) is 0 Å². The van der Waals surface area contributed by atoms with Gasteiger partial charge in [0.2, 0.25) is 5.91 Å². The van der Waals surface area contributed by atoms with E-state index in [9.17, 15) is 4.79 Å². The highest BCUT2D eigenvalue weighted by atomic mass is 35.5. The molecule has 102 valence electrons. The van der Waals surface area contributed by atoms with Crippen LogP contribution in [0.1, 0.15) is 12.1 Å². The van der Waals surface area contributed by atoms with Crippen molar-refractivity contribution in [2.45, 2.75) is 13.3 Å². The van der Waals surface area contributed by atoms with Crippen LogP contribution in [0.25, 0.3) is 0 Å². The van der Waals surface area contributed by atoms with Crippen molar-refractivity contribution in [2.24, 2.45) is 11.7 Å². The lowest BCUT2D eigenvalue weighted by atomic mass is 10.1. The van der Waals surface area contributed by atoms with E-state index in [1.54, 1.807) is 0 Å². The lowest BCUT2D eigenvalue weighted by Crippen LogP contribution is -2.32. The second kappa shape index (κ2) is 7.04. The van der Waals surface area contributed by atoms with Gasteiger partial charge in [0.1, 0.15) is 0 Å². The number of nitrogens with one attached hydrogen (secondary N) is 1. The number of hydrogen-bond donors (Lipinski definition) is 2. The van der Waals surface area contributed by atoms with Gasteiger partial charge < -0.3 is 11.1 Å². The van der Waals surface area contributed by atoms with E-state index in [4.69, 9.17) is 5.73 Å². The van der Waals surface area contributed by atoms with Gasteiger partial charge in [0.25, 0.3) is 0 Å². The first-order valence-electron chi connectivity index (χ1n) is 5.82. The highest BCUT2D eigenvalue weighted by Gasteiger charge is 2.22. The molecule has 2 heterocycles. The smallest absolute Gasteiger partial charge is 0.240 e. The Morgan fingerprint density at radius 1 is 1.72 bits per heavy atom. The van der Waals surface area contributed by atoms with Gasteiger partial charge in [-0.05, 0) is 32.4 Å². The average molecular weight is 291 g/mol. The van der Waals surface area contributed by atoms with Crippen molar-refractivity contribution in [3.8, 4) is 0 Å². The summed E-state index contributed by atoms with van der Waals surface area (Å²) in [6.45, 7) is 4.96. The first-order valence-corrected chi connectivity index (χ1v) is 6.69. The zero-order valence-electron chi connectivity index (χ0n) is 10.4. The van der Waals surface area contributed by atoms with E-state index < -0.39 is 0 Å². The molecule has 0 bridgehead atoms. The molecular weight excluding hydrogens is 272 g/mol. The molecule has 0 aliphatic carbocycles. The molecule has 0 saturated carbocycles. The predicted molar refractivity (Wildman–Crippen MR) is 76.3 cm³/mol. The van der Waals surface area contributed by atoms with Crippen LogP contribution in [-0.4, -0.2) is 42.0 Å². The van der Waals surface area contributed by atoms with Crippen molar-refractivity contribution in [1.29, 1.82) is 0 Å². The minimum Gasteiger partial charge on any atom is -0.330 e. The molecule has 1 aromatic rings. The Kier molecular flexibility index (Phi) is 6.01. The molecule has 1 fully saturated rings. The molecule has 1 aliphatic rings. The van der Waals surface area contributed by atoms with Gasteiger partial charge in [-0.25, -0.2) is 4.98 Å². The topological polar surface area (TPSA) is 71.2 Å². The third-order valence-corrected chi connectivity index (χ3v) is 3.81. The molecule has 18 heavy (non-hydrogen) atoms. The van der Waals surface area contributed by atoms with Gasteiger partial charge in [-0.3, -0.25) is 9.69 Å². The molecule has 1 aliphatic heterocycles. The largest absolute Gasteiger partial charge is 0.330 e. The summed E-state index contributed by atoms with van der Waals surface area (Å²) in [5.41, 5.74) is 6.56. The fourth-order valence-electron chi connectivity index (χ4n) is 2.02. The lowest BCUT2D eigenvalue weighted by Gasteiger charge is -2.14. The molecule has 0 spiro atoms. The summed E-state index contributed by atoms with van der Waals surface area (Å²) < 4.78 is 0. The Morgan fingerprint density at radius 3 is 3.06 bits per heavy atom. The summed E-state index contributed by atoms with van der Waals surface area (Å²) in [5, 5.41) is 5.43. The van der Waals surface area contributed by atoms with Gasteiger partial charge in [0.05, 0.1) is 12.2 Å². The zero-order valence-corrected chi connectivity index (χ0v) is 12.0. The summed E-state index contributed by atoms with van der Waals surface area (Å²) in [4.78, 5) is 18.1. The van der Waals surface area contributed by atoms with Gasteiger partial charge >= 0.3 is 0 Å². The number of likely N-dealkylation sites (tertiary alicyclic amines) is 1. The SMILES string of the molecule is Cc1csc(NC(=O)CN2CCC(CN)C2)n1.Cl. The van der Waals surface area contributed by atoms with Crippen LogP contribution in [0.5, 0.6) is 0 Å². The van der Waals surface area contributed by atoms with Crippen LogP contribution in [0.15, 0.2) is 5.38 Å². The van der Waals surface area contributed by atoms with E-state index in [2.05, 4.69) is 15.2 Å². The lowest BCUT2D eigenvalue weighted by molar-refractivity contribution is -0.117. The van der Waals surface area contributed by atoms with Crippen LogP contribution in [0.3, 0.4) is 0 Å². The Hall–Kier alpha value is -0.690. The number of hydrogen-bond acceptors (Lipinski definition) is 5. The Balaban J connectivity index is 0.00000162. The molecule has 1 amide bonds. The summed E-state index contributed by atoms with van der Waals surface area (Å²) in [6.07, 6.45) is 1.10. The van der Waals surface area contributed by atoms with E-state index in [1.165, 1.54) is 11.3 Å². The number of anilines is 1. The first kappa shape index (κ1) is 15.4. The molecular formula is C11H19ClN4OS. The highest BCUT2D eigenvalue weighted by Crippen LogP contribution is 2.16. The number of carbonyl (C=O) groups is 1. The molecule has 7 heteroatoms. The maximum absolute atomic E-state index is 11.8. The van der Waals surface area contributed by atoms with Crippen LogP contribution < -0.4 is 11.1 Å². The number of rotatable bonds is 4. The molecule has 3 N–H and O–H groups in total. The fraction of sp³-hybridized carbons (Fsp3) is 0.636. The average Bonchev–Trinajstić information content (AvgIpc) is 2.88. The minimum atomic E-state index is 0. The van der Waals surface area contributed by atoms with Crippen LogP contribution in [0, 0.1) is 12.8 Å². The molecule has 5 nitrogen and oxygen atoms in total. The number of thiazole rings is 1. The number of halogens is 1. The zero-order chi connectivity index (χ0) is 12.3. The van der Waals surface area contributed by atoms with Gasteiger partial charge in [0.15, 0.2) is 5.13 Å². The molecule has 0 radical (unpaired) electrons. The first-order chi connectivity index (χ1) is 8.17. The number of amides is 1. The van der Waals surface area contributed by atoms with E-state index in [0.717, 1.165) is 25.2 Å². The van der Waals surface area contributed by atoms with Gasteiger partial charge in [-0.2, -0.15) is 0 Å². The number of carbonyl (C=O) groups excluding carboxylic acids is 1.